The van der Waals surface area contributed by atoms with Crippen LogP contribution in [0.15, 0.2) is 152 Å². The fourth-order valence-corrected chi connectivity index (χ4v) is 8.52. The lowest BCUT2D eigenvalue weighted by atomic mass is 10.2. The maximum Gasteiger partial charge on any atom is 0.190 e. The zero-order valence-corrected chi connectivity index (χ0v) is 21.3. The Morgan fingerprint density at radius 3 is 1.81 bits per heavy atom. The lowest BCUT2D eigenvalue weighted by Gasteiger charge is -2.32. The third-order valence-corrected chi connectivity index (χ3v) is 10.1. The summed E-state index contributed by atoms with van der Waals surface area (Å²) in [4.78, 5) is 7.32. The number of hydrogen-bond donors (Lipinski definition) is 0. The van der Waals surface area contributed by atoms with Gasteiger partial charge in [-0.1, -0.05) is 60.7 Å². The van der Waals surface area contributed by atoms with E-state index in [-0.39, 0.29) is 0 Å². The van der Waals surface area contributed by atoms with Crippen LogP contribution in [0.25, 0.3) is 0 Å². The lowest BCUT2D eigenvalue weighted by Crippen LogP contribution is -2.23. The Balaban J connectivity index is 1.61. The standard InChI is InChI=1S/C31H24NO2S2/c1-34-24-20-21-30(36(33)25-14-6-3-7-15-25)31(22-24)35-28-18-10-8-16-26(28)32(23-12-4-2-5-13-23)27-17-9-11-19-29(27)35/h2-22H,1H3/q+1. The summed E-state index contributed by atoms with van der Waals surface area (Å²) in [6.45, 7) is 0. The third-order valence-electron chi connectivity index (χ3n) is 6.19. The lowest BCUT2D eigenvalue weighted by molar-refractivity contribution is 0.413. The molecule has 36 heavy (non-hydrogen) atoms. The minimum absolute atomic E-state index is 0.485. The molecule has 5 heteroatoms. The van der Waals surface area contributed by atoms with Crippen molar-refractivity contribution < 1.29 is 8.95 Å². The highest BCUT2D eigenvalue weighted by molar-refractivity contribution is 7.98. The summed E-state index contributed by atoms with van der Waals surface area (Å²) in [6.07, 6.45) is 0. The SMILES string of the molecule is COc1ccc(S(=O)c2ccccc2)c([S+]2c3ccccc3N(c3ccccc3)c3ccccc32)c1. The molecular weight excluding hydrogens is 482 g/mol. The summed E-state index contributed by atoms with van der Waals surface area (Å²) in [5.41, 5.74) is 3.37. The van der Waals surface area contributed by atoms with Gasteiger partial charge in [0.2, 0.25) is 0 Å². The molecule has 0 radical (unpaired) electrons. The van der Waals surface area contributed by atoms with Crippen LogP contribution >= 0.6 is 0 Å². The van der Waals surface area contributed by atoms with E-state index in [9.17, 15) is 4.21 Å². The van der Waals surface area contributed by atoms with E-state index in [1.54, 1.807) is 7.11 Å². The summed E-state index contributed by atoms with van der Waals surface area (Å²) in [7, 11) is -0.139. The summed E-state index contributed by atoms with van der Waals surface area (Å²) in [5, 5.41) is 0. The molecule has 1 aliphatic rings. The number of hydrogen-bond acceptors (Lipinski definition) is 3. The molecule has 0 saturated heterocycles. The van der Waals surface area contributed by atoms with Crippen molar-refractivity contribution in [3.05, 3.63) is 127 Å². The molecule has 0 amide bonds. The van der Waals surface area contributed by atoms with Crippen molar-refractivity contribution >= 4 is 38.8 Å². The predicted octanol–water partition coefficient (Wildman–Crippen LogP) is 7.74. The molecule has 6 rings (SSSR count). The van der Waals surface area contributed by atoms with Gasteiger partial charge in [-0.15, -0.1) is 0 Å². The van der Waals surface area contributed by atoms with Gasteiger partial charge >= 0.3 is 0 Å². The highest BCUT2D eigenvalue weighted by atomic mass is 32.2. The number of fused-ring (bicyclic) bond motifs is 2. The highest BCUT2D eigenvalue weighted by Gasteiger charge is 2.43. The molecule has 0 N–H and O–H groups in total. The Labute approximate surface area is 216 Å². The number of rotatable bonds is 5. The van der Waals surface area contributed by atoms with Gasteiger partial charge in [0.1, 0.15) is 28.0 Å². The van der Waals surface area contributed by atoms with Crippen LogP contribution in [0.2, 0.25) is 0 Å². The van der Waals surface area contributed by atoms with E-state index in [1.165, 1.54) is 9.79 Å². The largest absolute Gasteiger partial charge is 0.497 e. The first-order valence-corrected chi connectivity index (χ1v) is 14.1. The molecule has 1 aliphatic heterocycles. The predicted molar refractivity (Wildman–Crippen MR) is 147 cm³/mol. The molecule has 1 heterocycles. The molecule has 0 saturated carbocycles. The van der Waals surface area contributed by atoms with Gasteiger partial charge in [-0.3, -0.25) is 0 Å². The molecule has 0 bridgehead atoms. The summed E-state index contributed by atoms with van der Waals surface area (Å²) < 4.78 is 19.5. The Morgan fingerprint density at radius 1 is 0.639 bits per heavy atom. The van der Waals surface area contributed by atoms with E-state index >= 15 is 0 Å². The minimum atomic E-state index is -1.33. The zero-order valence-electron chi connectivity index (χ0n) is 19.7. The van der Waals surface area contributed by atoms with Crippen LogP contribution < -0.4 is 9.64 Å². The normalized spacial score (nSPS) is 13.5. The second kappa shape index (κ2) is 9.69. The molecule has 1 atom stereocenters. The molecule has 3 nitrogen and oxygen atoms in total. The van der Waals surface area contributed by atoms with Crippen molar-refractivity contribution in [3.8, 4) is 5.75 Å². The van der Waals surface area contributed by atoms with Crippen LogP contribution in [-0.4, -0.2) is 11.3 Å². The molecule has 5 aromatic carbocycles. The van der Waals surface area contributed by atoms with Crippen LogP contribution in [-0.2, 0) is 21.7 Å². The van der Waals surface area contributed by atoms with Crippen molar-refractivity contribution in [2.75, 3.05) is 12.0 Å². The van der Waals surface area contributed by atoms with Gasteiger partial charge in [-0.2, -0.15) is 0 Å². The smallest absolute Gasteiger partial charge is 0.190 e. The van der Waals surface area contributed by atoms with Crippen LogP contribution in [0, 0.1) is 0 Å². The number of methoxy groups -OCH3 is 1. The zero-order chi connectivity index (χ0) is 24.5. The second-order valence-electron chi connectivity index (χ2n) is 8.31. The van der Waals surface area contributed by atoms with E-state index in [0.29, 0.717) is 0 Å². The topological polar surface area (TPSA) is 29.5 Å². The van der Waals surface area contributed by atoms with Crippen molar-refractivity contribution in [1.29, 1.82) is 0 Å². The van der Waals surface area contributed by atoms with Crippen molar-refractivity contribution in [2.24, 2.45) is 0 Å². The van der Waals surface area contributed by atoms with Gasteiger partial charge in [0.05, 0.1) is 22.8 Å². The quantitative estimate of drug-likeness (QED) is 0.224. The Bertz CT molecular complexity index is 1510. The first-order valence-electron chi connectivity index (χ1n) is 11.7. The molecular formula is C31H24NO2S2+. The minimum Gasteiger partial charge on any atom is -0.497 e. The summed E-state index contributed by atoms with van der Waals surface area (Å²) >= 11 is 0. The molecule has 0 aromatic heterocycles. The molecule has 0 fully saturated rings. The van der Waals surface area contributed by atoms with Crippen LogP contribution in [0.5, 0.6) is 5.75 Å². The fourth-order valence-electron chi connectivity index (χ4n) is 4.57. The van der Waals surface area contributed by atoms with Crippen LogP contribution in [0.1, 0.15) is 0 Å². The number of para-hydroxylation sites is 3. The van der Waals surface area contributed by atoms with E-state index < -0.39 is 21.7 Å². The van der Waals surface area contributed by atoms with Crippen LogP contribution in [0.3, 0.4) is 0 Å². The summed E-state index contributed by atoms with van der Waals surface area (Å²) in [5.74, 6) is 0.756. The highest BCUT2D eigenvalue weighted by Crippen LogP contribution is 2.52. The van der Waals surface area contributed by atoms with Gasteiger partial charge in [0, 0.05) is 16.6 Å². The Hall–Kier alpha value is -3.80. The molecule has 0 aliphatic carbocycles. The molecule has 1 unspecified atom stereocenters. The fraction of sp³-hybridized carbons (Fsp3) is 0.0323. The van der Waals surface area contributed by atoms with Crippen molar-refractivity contribution in [2.45, 2.75) is 24.5 Å². The van der Waals surface area contributed by atoms with E-state index in [2.05, 4.69) is 83.8 Å². The molecule has 0 spiro atoms. The first-order chi connectivity index (χ1) is 17.8. The Morgan fingerprint density at radius 2 is 1.19 bits per heavy atom. The average Bonchev–Trinajstić information content (AvgIpc) is 2.96. The van der Waals surface area contributed by atoms with Gasteiger partial charge in [-0.25, -0.2) is 4.21 Å². The van der Waals surface area contributed by atoms with E-state index in [4.69, 9.17) is 4.74 Å². The van der Waals surface area contributed by atoms with Crippen molar-refractivity contribution in [3.63, 3.8) is 0 Å². The summed E-state index contributed by atoms with van der Waals surface area (Å²) in [6, 6.07) is 43.1. The van der Waals surface area contributed by atoms with Gasteiger partial charge in [0.25, 0.3) is 0 Å². The van der Waals surface area contributed by atoms with Crippen LogP contribution in [0.4, 0.5) is 17.1 Å². The number of nitrogens with zero attached hydrogens (tertiary/aromatic N) is 1. The third kappa shape index (κ3) is 3.91. The van der Waals surface area contributed by atoms with Gasteiger partial charge in [0.15, 0.2) is 14.7 Å². The maximum absolute atomic E-state index is 13.9. The van der Waals surface area contributed by atoms with Gasteiger partial charge in [-0.05, 0) is 60.7 Å². The first kappa shape index (κ1) is 22.7. The van der Waals surface area contributed by atoms with E-state index in [1.807, 2.05) is 48.5 Å². The average molecular weight is 507 g/mol. The van der Waals surface area contributed by atoms with E-state index in [0.717, 1.165) is 37.5 Å². The molecule has 176 valence electrons. The number of ether oxygens (including phenoxy) is 1. The van der Waals surface area contributed by atoms with Crippen molar-refractivity contribution in [1.82, 2.24) is 0 Å². The monoisotopic (exact) mass is 506 g/mol. The van der Waals surface area contributed by atoms with Gasteiger partial charge < -0.3 is 9.64 Å². The number of benzene rings is 5. The second-order valence-corrected chi connectivity index (χ2v) is 11.7. The number of anilines is 3. The molecule has 5 aromatic rings. The Kier molecular flexibility index (Phi) is 6.09. The maximum atomic E-state index is 13.9.